The highest BCUT2D eigenvalue weighted by Gasteiger charge is 2.32. The molecule has 2 aromatic rings. The molecule has 1 saturated heterocycles. The van der Waals surface area contributed by atoms with Gasteiger partial charge in [0.05, 0.1) is 5.52 Å². The highest BCUT2D eigenvalue weighted by Crippen LogP contribution is 2.25. The molecule has 0 saturated carbocycles. The number of likely N-dealkylation sites (tertiary alicyclic amines) is 1. The first-order valence-electron chi connectivity index (χ1n) is 7.16. The number of aromatic amines is 1. The second-order valence-corrected chi connectivity index (χ2v) is 5.54. The molecule has 0 unspecified atom stereocenters. The zero-order valence-electron chi connectivity index (χ0n) is 11.7. The molecule has 1 aromatic heterocycles. The summed E-state index contributed by atoms with van der Waals surface area (Å²) in [6.45, 7) is 3.45. The van der Waals surface area contributed by atoms with E-state index in [0.717, 1.165) is 30.3 Å². The number of piperidine rings is 1. The quantitative estimate of drug-likeness (QED) is 0.874. The van der Waals surface area contributed by atoms with Crippen LogP contribution in [-0.4, -0.2) is 40.1 Å². The van der Waals surface area contributed by atoms with E-state index in [4.69, 9.17) is 5.73 Å². The Labute approximate surface area is 118 Å². The lowest BCUT2D eigenvalue weighted by molar-refractivity contribution is 0.0528. The summed E-state index contributed by atoms with van der Waals surface area (Å²) in [7, 11) is 0. The predicted octanol–water partition coefficient (Wildman–Crippen LogP) is 1.76. The van der Waals surface area contributed by atoms with Gasteiger partial charge in [-0.2, -0.15) is 5.10 Å². The fourth-order valence-electron chi connectivity index (χ4n) is 3.12. The lowest BCUT2D eigenvalue weighted by atomic mass is 9.90. The van der Waals surface area contributed by atoms with E-state index in [0.29, 0.717) is 18.2 Å². The fraction of sp³-hybridized carbons (Fsp3) is 0.467. The average Bonchev–Trinajstić information content (AvgIpc) is 2.90. The molecule has 0 aliphatic carbocycles. The Morgan fingerprint density at radius 3 is 3.10 bits per heavy atom. The minimum absolute atomic E-state index is 0.00977. The van der Waals surface area contributed by atoms with Crippen LogP contribution < -0.4 is 5.73 Å². The van der Waals surface area contributed by atoms with Gasteiger partial charge in [-0.3, -0.25) is 9.89 Å². The molecule has 20 heavy (non-hydrogen) atoms. The number of fused-ring (bicyclic) bond motifs is 1. The maximum absolute atomic E-state index is 12.8. The predicted molar refractivity (Wildman–Crippen MR) is 78.4 cm³/mol. The van der Waals surface area contributed by atoms with Crippen molar-refractivity contribution in [1.29, 1.82) is 0 Å². The number of carbonyl (C=O) groups excluding carboxylic acids is 1. The number of hydrogen-bond acceptors (Lipinski definition) is 3. The maximum atomic E-state index is 12.8. The van der Waals surface area contributed by atoms with Gasteiger partial charge in [-0.25, -0.2) is 0 Å². The molecule has 0 radical (unpaired) electrons. The fourth-order valence-corrected chi connectivity index (χ4v) is 3.12. The van der Waals surface area contributed by atoms with Gasteiger partial charge < -0.3 is 10.6 Å². The number of rotatable bonds is 2. The van der Waals surface area contributed by atoms with Crippen molar-refractivity contribution < 1.29 is 4.79 Å². The number of nitrogens with one attached hydrogen (secondary N) is 1. The zero-order chi connectivity index (χ0) is 14.1. The molecule has 1 aliphatic rings. The van der Waals surface area contributed by atoms with E-state index < -0.39 is 0 Å². The summed E-state index contributed by atoms with van der Waals surface area (Å²) in [4.78, 5) is 14.7. The van der Waals surface area contributed by atoms with E-state index in [1.807, 2.05) is 29.2 Å². The lowest BCUT2D eigenvalue weighted by Gasteiger charge is -2.39. The van der Waals surface area contributed by atoms with E-state index in [1.165, 1.54) is 0 Å². The zero-order valence-corrected chi connectivity index (χ0v) is 11.7. The molecule has 3 rings (SSSR count). The van der Waals surface area contributed by atoms with Gasteiger partial charge in [0.2, 0.25) is 0 Å². The second-order valence-electron chi connectivity index (χ2n) is 5.54. The van der Waals surface area contributed by atoms with Crippen molar-refractivity contribution in [3.05, 3.63) is 30.0 Å². The molecule has 1 aliphatic heterocycles. The highest BCUT2D eigenvalue weighted by atomic mass is 16.2. The van der Waals surface area contributed by atoms with Crippen LogP contribution in [0.4, 0.5) is 0 Å². The third-order valence-corrected chi connectivity index (χ3v) is 4.29. The number of para-hydroxylation sites is 1. The molecular weight excluding hydrogens is 252 g/mol. The van der Waals surface area contributed by atoms with Crippen LogP contribution in [0, 0.1) is 5.92 Å². The van der Waals surface area contributed by atoms with Gasteiger partial charge in [-0.15, -0.1) is 0 Å². The number of carbonyl (C=O) groups is 1. The molecule has 5 nitrogen and oxygen atoms in total. The van der Waals surface area contributed by atoms with Gasteiger partial charge in [0.15, 0.2) is 5.69 Å². The van der Waals surface area contributed by atoms with Crippen LogP contribution in [0.5, 0.6) is 0 Å². The largest absolute Gasteiger partial charge is 0.333 e. The average molecular weight is 272 g/mol. The van der Waals surface area contributed by atoms with Crippen LogP contribution in [0.15, 0.2) is 24.3 Å². The number of benzene rings is 1. The van der Waals surface area contributed by atoms with Crippen molar-refractivity contribution in [3.63, 3.8) is 0 Å². The molecule has 3 N–H and O–H groups in total. The van der Waals surface area contributed by atoms with Crippen molar-refractivity contribution in [2.75, 3.05) is 13.1 Å². The van der Waals surface area contributed by atoms with E-state index >= 15 is 0 Å². The van der Waals surface area contributed by atoms with Gasteiger partial charge in [0.1, 0.15) is 0 Å². The SMILES string of the molecule is C[C@H]1CCCN(C(=O)c2n[nH]c3ccccc23)[C@H]1CN. The molecule has 106 valence electrons. The molecule has 2 heterocycles. The summed E-state index contributed by atoms with van der Waals surface area (Å²) in [5, 5.41) is 8.01. The van der Waals surface area contributed by atoms with Gasteiger partial charge >= 0.3 is 0 Å². The van der Waals surface area contributed by atoms with E-state index in [-0.39, 0.29) is 11.9 Å². The van der Waals surface area contributed by atoms with Gasteiger partial charge in [0.25, 0.3) is 5.91 Å². The first-order chi connectivity index (χ1) is 9.72. The van der Waals surface area contributed by atoms with Gasteiger partial charge in [0, 0.05) is 24.5 Å². The Hall–Kier alpha value is -1.88. The lowest BCUT2D eigenvalue weighted by Crippen LogP contribution is -2.51. The maximum Gasteiger partial charge on any atom is 0.275 e. The second kappa shape index (κ2) is 5.25. The normalized spacial score (nSPS) is 23.2. The van der Waals surface area contributed by atoms with Crippen molar-refractivity contribution in [1.82, 2.24) is 15.1 Å². The number of nitrogens with zero attached hydrogens (tertiary/aromatic N) is 2. The monoisotopic (exact) mass is 272 g/mol. The number of amides is 1. The number of aromatic nitrogens is 2. The third kappa shape index (κ3) is 2.08. The van der Waals surface area contributed by atoms with Crippen molar-refractivity contribution in [2.45, 2.75) is 25.8 Å². The summed E-state index contributed by atoms with van der Waals surface area (Å²) in [5.41, 5.74) is 7.27. The Balaban J connectivity index is 1.95. The first kappa shape index (κ1) is 13.1. The molecule has 2 atom stereocenters. The van der Waals surface area contributed by atoms with Crippen LogP contribution in [0.25, 0.3) is 10.9 Å². The number of hydrogen-bond donors (Lipinski definition) is 2. The van der Waals surface area contributed by atoms with Crippen molar-refractivity contribution in [3.8, 4) is 0 Å². The number of nitrogens with two attached hydrogens (primary N) is 1. The van der Waals surface area contributed by atoms with E-state index in [1.54, 1.807) is 0 Å². The summed E-state index contributed by atoms with van der Waals surface area (Å²) < 4.78 is 0. The Kier molecular flexibility index (Phi) is 3.44. The molecule has 0 spiro atoms. The summed E-state index contributed by atoms with van der Waals surface area (Å²) in [6.07, 6.45) is 2.17. The molecule has 0 bridgehead atoms. The van der Waals surface area contributed by atoms with Crippen LogP contribution >= 0.6 is 0 Å². The van der Waals surface area contributed by atoms with Crippen LogP contribution in [-0.2, 0) is 0 Å². The van der Waals surface area contributed by atoms with Crippen molar-refractivity contribution >= 4 is 16.8 Å². The Bertz CT molecular complexity index is 621. The molecule has 5 heteroatoms. The minimum atomic E-state index is -0.00977. The van der Waals surface area contributed by atoms with Gasteiger partial charge in [-0.1, -0.05) is 25.1 Å². The highest BCUT2D eigenvalue weighted by molar-refractivity contribution is 6.04. The molecule has 1 amide bonds. The van der Waals surface area contributed by atoms with Crippen LogP contribution in [0.3, 0.4) is 0 Å². The molecule has 1 fully saturated rings. The van der Waals surface area contributed by atoms with Crippen LogP contribution in [0.1, 0.15) is 30.3 Å². The third-order valence-electron chi connectivity index (χ3n) is 4.29. The summed E-state index contributed by atoms with van der Waals surface area (Å²) in [6, 6.07) is 7.83. The topological polar surface area (TPSA) is 75.0 Å². The van der Waals surface area contributed by atoms with Gasteiger partial charge in [-0.05, 0) is 24.8 Å². The standard InChI is InChI=1S/C15H20N4O/c1-10-5-4-8-19(13(10)9-16)15(20)14-11-6-2-3-7-12(11)17-18-14/h2-3,6-7,10,13H,4-5,8-9,16H2,1H3,(H,17,18)/t10-,13-/m0/s1. The Morgan fingerprint density at radius 2 is 2.30 bits per heavy atom. The number of H-pyrrole nitrogens is 1. The Morgan fingerprint density at radius 1 is 1.50 bits per heavy atom. The summed E-state index contributed by atoms with van der Waals surface area (Å²) in [5.74, 6) is 0.437. The molecule has 1 aromatic carbocycles. The van der Waals surface area contributed by atoms with E-state index in [9.17, 15) is 4.79 Å². The summed E-state index contributed by atoms with van der Waals surface area (Å²) >= 11 is 0. The van der Waals surface area contributed by atoms with Crippen LogP contribution in [0.2, 0.25) is 0 Å². The molecular formula is C15H20N4O. The smallest absolute Gasteiger partial charge is 0.275 e. The first-order valence-corrected chi connectivity index (χ1v) is 7.16. The van der Waals surface area contributed by atoms with E-state index in [2.05, 4.69) is 17.1 Å². The van der Waals surface area contributed by atoms with Crippen molar-refractivity contribution in [2.24, 2.45) is 11.7 Å². The minimum Gasteiger partial charge on any atom is -0.333 e.